The molecule has 1 aliphatic carbocycles. The van der Waals surface area contributed by atoms with Crippen LogP contribution in [0.25, 0.3) is 78.1 Å². The van der Waals surface area contributed by atoms with Gasteiger partial charge in [-0.1, -0.05) is 141 Å². The highest BCUT2D eigenvalue weighted by atomic mass is 16.3. The molecule has 5 nitrogen and oxygen atoms in total. The predicted molar refractivity (Wildman–Crippen MR) is 214 cm³/mol. The van der Waals surface area contributed by atoms with Crippen LogP contribution in [0.5, 0.6) is 0 Å². The lowest BCUT2D eigenvalue weighted by atomic mass is 9.72. The second kappa shape index (κ2) is 10.9. The van der Waals surface area contributed by atoms with Crippen LogP contribution >= 0.6 is 0 Å². The topological polar surface area (TPSA) is 56.7 Å². The third-order valence-electron chi connectivity index (χ3n) is 11.0. The molecule has 0 amide bonds. The third-order valence-corrected chi connectivity index (χ3v) is 11.0. The van der Waals surface area contributed by atoms with Crippen molar-refractivity contribution in [1.82, 2.24) is 19.5 Å². The average molecular weight is 679 g/mol. The van der Waals surface area contributed by atoms with Gasteiger partial charge in [0.15, 0.2) is 11.4 Å². The van der Waals surface area contributed by atoms with Crippen LogP contribution in [0.1, 0.15) is 22.5 Å². The van der Waals surface area contributed by atoms with Gasteiger partial charge in [-0.3, -0.25) is 4.57 Å². The Hall–Kier alpha value is -7.11. The standard InChI is InChI=1S/C48H30N4O/c1-3-32-34-20-8-10-23-37(34)48(36(32)4-2)38-24-11-12-26-40(38)52-44-33(22-15-25-39(44)49-47(48)52)30-18-14-19-31(28-30)46-50-42(29-16-6-5-7-17-29)45-43(51-46)35-21-9-13-27-41(35)53-45/h3-28H,1-2H2. The number of benzene rings is 6. The first-order valence-corrected chi connectivity index (χ1v) is 17.8. The number of para-hydroxylation sites is 3. The largest absolute Gasteiger partial charge is 0.452 e. The summed E-state index contributed by atoms with van der Waals surface area (Å²) in [5.74, 6) is 1.60. The van der Waals surface area contributed by atoms with Crippen molar-refractivity contribution >= 4 is 38.7 Å². The first kappa shape index (κ1) is 29.6. The fourth-order valence-corrected chi connectivity index (χ4v) is 8.84. The quantitative estimate of drug-likeness (QED) is 0.182. The number of rotatable bonds is 5. The van der Waals surface area contributed by atoms with E-state index in [2.05, 4.69) is 127 Å². The molecule has 9 aromatic rings. The van der Waals surface area contributed by atoms with Gasteiger partial charge >= 0.3 is 0 Å². The fraction of sp³-hybridized carbons (Fsp3) is 0.0208. The number of imidazole rings is 1. The fourth-order valence-electron chi connectivity index (χ4n) is 8.84. The average Bonchev–Trinajstić information content (AvgIpc) is 3.95. The summed E-state index contributed by atoms with van der Waals surface area (Å²) in [7, 11) is 0. The number of allylic oxidation sites excluding steroid dienone is 4. The summed E-state index contributed by atoms with van der Waals surface area (Å²) >= 11 is 0. The van der Waals surface area contributed by atoms with E-state index in [0.717, 1.165) is 83.7 Å². The monoisotopic (exact) mass is 678 g/mol. The van der Waals surface area contributed by atoms with Gasteiger partial charge in [0, 0.05) is 22.1 Å². The second-order valence-corrected chi connectivity index (χ2v) is 13.6. The Bertz CT molecular complexity index is 3050. The van der Waals surface area contributed by atoms with E-state index in [9.17, 15) is 0 Å². The van der Waals surface area contributed by atoms with Gasteiger partial charge in [-0.2, -0.15) is 0 Å². The number of fused-ring (bicyclic) bond motifs is 12. The lowest BCUT2D eigenvalue weighted by molar-refractivity contribution is 0.667. The molecular formula is C48H30N4O. The Kier molecular flexibility index (Phi) is 6.11. The lowest BCUT2D eigenvalue weighted by Crippen LogP contribution is -2.27. The Balaban J connectivity index is 1.15. The summed E-state index contributed by atoms with van der Waals surface area (Å²) in [6.07, 6.45) is 3.96. The molecule has 0 saturated heterocycles. The molecule has 5 heteroatoms. The minimum atomic E-state index is -0.624. The van der Waals surface area contributed by atoms with Gasteiger partial charge in [0.2, 0.25) is 0 Å². The smallest absolute Gasteiger partial charge is 0.180 e. The SMILES string of the molecule is C=CC1=C(C=C)C2(c3ccccc31)c1ccccc1-n1c2nc2cccc(-c3cccc(-c4nc(-c5ccccc5)c5oc6ccccc6c5n4)c3)c21. The highest BCUT2D eigenvalue weighted by Gasteiger charge is 2.54. The molecule has 53 heavy (non-hydrogen) atoms. The van der Waals surface area contributed by atoms with Gasteiger partial charge in [0.1, 0.15) is 28.0 Å². The normalized spacial score (nSPS) is 15.7. The highest BCUT2D eigenvalue weighted by molar-refractivity contribution is 6.07. The number of aromatic nitrogens is 4. The minimum absolute atomic E-state index is 0.624. The molecule has 11 rings (SSSR count). The van der Waals surface area contributed by atoms with Gasteiger partial charge in [0.05, 0.1) is 16.7 Å². The Morgan fingerprint density at radius 1 is 0.604 bits per heavy atom. The van der Waals surface area contributed by atoms with Gasteiger partial charge in [-0.25, -0.2) is 15.0 Å². The molecule has 0 radical (unpaired) electrons. The Morgan fingerprint density at radius 2 is 1.32 bits per heavy atom. The van der Waals surface area contributed by atoms with E-state index in [1.54, 1.807) is 0 Å². The number of nitrogens with zero attached hydrogens (tertiary/aromatic N) is 4. The zero-order valence-electron chi connectivity index (χ0n) is 28.6. The van der Waals surface area contributed by atoms with E-state index in [1.807, 2.05) is 48.6 Å². The highest BCUT2D eigenvalue weighted by Crippen LogP contribution is 2.60. The van der Waals surface area contributed by atoms with E-state index in [-0.39, 0.29) is 0 Å². The van der Waals surface area contributed by atoms with Gasteiger partial charge < -0.3 is 4.42 Å². The van der Waals surface area contributed by atoms with Crippen molar-refractivity contribution < 1.29 is 4.42 Å². The van der Waals surface area contributed by atoms with E-state index in [0.29, 0.717) is 11.4 Å². The molecule has 1 unspecified atom stereocenters. The Morgan fingerprint density at radius 3 is 2.19 bits per heavy atom. The molecule has 0 N–H and O–H groups in total. The van der Waals surface area contributed by atoms with E-state index >= 15 is 0 Å². The van der Waals surface area contributed by atoms with Crippen LogP contribution < -0.4 is 0 Å². The molecule has 0 saturated carbocycles. The number of hydrogen-bond acceptors (Lipinski definition) is 4. The molecule has 248 valence electrons. The third kappa shape index (κ3) is 3.88. The van der Waals surface area contributed by atoms with Crippen LogP contribution in [0.2, 0.25) is 0 Å². The van der Waals surface area contributed by atoms with Crippen LogP contribution in [0.4, 0.5) is 0 Å². The van der Waals surface area contributed by atoms with Crippen molar-refractivity contribution in [2.24, 2.45) is 0 Å². The first-order chi connectivity index (χ1) is 26.2. The van der Waals surface area contributed by atoms with Crippen molar-refractivity contribution in [2.45, 2.75) is 5.41 Å². The Labute approximate surface area is 305 Å². The van der Waals surface area contributed by atoms with Crippen LogP contribution in [0, 0.1) is 0 Å². The molecule has 1 spiro atoms. The summed E-state index contributed by atoms with van der Waals surface area (Å²) < 4.78 is 8.74. The summed E-state index contributed by atoms with van der Waals surface area (Å²) in [6.45, 7) is 8.58. The van der Waals surface area contributed by atoms with E-state index in [1.165, 1.54) is 11.1 Å². The van der Waals surface area contributed by atoms with Crippen molar-refractivity contribution in [3.8, 4) is 39.5 Å². The van der Waals surface area contributed by atoms with Crippen molar-refractivity contribution in [2.75, 3.05) is 0 Å². The molecule has 6 aromatic carbocycles. The van der Waals surface area contributed by atoms with Crippen LogP contribution in [-0.4, -0.2) is 19.5 Å². The molecule has 4 heterocycles. The van der Waals surface area contributed by atoms with E-state index in [4.69, 9.17) is 19.4 Å². The number of hydrogen-bond donors (Lipinski definition) is 0. The molecule has 0 bridgehead atoms. The van der Waals surface area contributed by atoms with E-state index < -0.39 is 5.41 Å². The summed E-state index contributed by atoms with van der Waals surface area (Å²) in [6, 6.07) is 50.5. The van der Waals surface area contributed by atoms with Crippen LogP contribution in [0.15, 0.2) is 181 Å². The van der Waals surface area contributed by atoms with Gasteiger partial charge in [-0.15, -0.1) is 0 Å². The zero-order valence-corrected chi connectivity index (χ0v) is 28.6. The van der Waals surface area contributed by atoms with Gasteiger partial charge in [-0.05, 0) is 63.7 Å². The van der Waals surface area contributed by atoms with Gasteiger partial charge in [0.25, 0.3) is 0 Å². The first-order valence-electron chi connectivity index (χ1n) is 17.8. The van der Waals surface area contributed by atoms with Crippen molar-refractivity contribution in [3.05, 3.63) is 199 Å². The minimum Gasteiger partial charge on any atom is -0.452 e. The summed E-state index contributed by atoms with van der Waals surface area (Å²) in [5.41, 5.74) is 15.3. The van der Waals surface area contributed by atoms with Crippen LogP contribution in [-0.2, 0) is 5.41 Å². The predicted octanol–water partition coefficient (Wildman–Crippen LogP) is 11.5. The number of furan rings is 1. The molecular weight excluding hydrogens is 649 g/mol. The maximum atomic E-state index is 6.37. The van der Waals surface area contributed by atoms with Crippen molar-refractivity contribution in [1.29, 1.82) is 0 Å². The molecule has 1 atom stereocenters. The molecule has 2 aliphatic rings. The van der Waals surface area contributed by atoms with Crippen LogP contribution in [0.3, 0.4) is 0 Å². The summed E-state index contributed by atoms with van der Waals surface area (Å²) in [5, 5.41) is 0.965. The lowest BCUT2D eigenvalue weighted by Gasteiger charge is -2.28. The zero-order chi connectivity index (χ0) is 35.3. The second-order valence-electron chi connectivity index (χ2n) is 13.6. The molecule has 0 fully saturated rings. The summed E-state index contributed by atoms with van der Waals surface area (Å²) in [4.78, 5) is 15.8. The molecule has 1 aliphatic heterocycles. The maximum Gasteiger partial charge on any atom is 0.180 e. The maximum absolute atomic E-state index is 6.37. The van der Waals surface area contributed by atoms with Crippen molar-refractivity contribution in [3.63, 3.8) is 0 Å². The molecule has 3 aromatic heterocycles.